The van der Waals surface area contributed by atoms with E-state index in [9.17, 15) is 14.7 Å². The summed E-state index contributed by atoms with van der Waals surface area (Å²) in [4.78, 5) is 29.4. The van der Waals surface area contributed by atoms with Gasteiger partial charge in [-0.05, 0) is 19.8 Å². The van der Waals surface area contributed by atoms with E-state index in [4.69, 9.17) is 0 Å². The van der Waals surface area contributed by atoms with Crippen molar-refractivity contribution in [3.05, 3.63) is 21.7 Å². The molecular weight excluding hydrogens is 222 g/mol. The van der Waals surface area contributed by atoms with E-state index in [0.717, 1.165) is 12.8 Å². The van der Waals surface area contributed by atoms with Crippen molar-refractivity contribution < 1.29 is 9.90 Å². The molecule has 0 aromatic carbocycles. The Kier molecular flexibility index (Phi) is 2.87. The van der Waals surface area contributed by atoms with Crippen molar-refractivity contribution >= 4 is 5.91 Å². The minimum absolute atomic E-state index is 0.222. The Morgan fingerprint density at radius 1 is 1.35 bits per heavy atom. The first-order chi connectivity index (χ1) is 8.02. The molecule has 1 amide bonds. The number of aryl methyl sites for hydroxylation is 1. The molecule has 1 saturated heterocycles. The van der Waals surface area contributed by atoms with E-state index < -0.39 is 17.3 Å². The Labute approximate surface area is 98.5 Å². The second-order valence-electron chi connectivity index (χ2n) is 4.22. The quantitative estimate of drug-likeness (QED) is 0.747. The van der Waals surface area contributed by atoms with Crippen molar-refractivity contribution in [2.45, 2.75) is 19.8 Å². The third-order valence-corrected chi connectivity index (χ3v) is 3.10. The summed E-state index contributed by atoms with van der Waals surface area (Å²) in [5.41, 5.74) is -0.716. The van der Waals surface area contributed by atoms with Gasteiger partial charge in [-0.2, -0.15) is 4.98 Å². The molecule has 0 atom stereocenters. The highest BCUT2D eigenvalue weighted by Gasteiger charge is 2.26. The first-order valence-corrected chi connectivity index (χ1v) is 5.58. The molecule has 0 unspecified atom stereocenters. The van der Waals surface area contributed by atoms with Crippen molar-refractivity contribution in [3.63, 3.8) is 0 Å². The Morgan fingerprint density at radius 2 is 1.94 bits per heavy atom. The molecule has 0 radical (unpaired) electrons. The van der Waals surface area contributed by atoms with E-state index >= 15 is 0 Å². The molecule has 2 heterocycles. The molecule has 17 heavy (non-hydrogen) atoms. The van der Waals surface area contributed by atoms with Crippen LogP contribution in [0.3, 0.4) is 0 Å². The summed E-state index contributed by atoms with van der Waals surface area (Å²) in [6.45, 7) is 2.87. The van der Waals surface area contributed by atoms with Crippen LogP contribution in [0.1, 0.15) is 29.0 Å². The molecule has 6 nitrogen and oxygen atoms in total. The number of likely N-dealkylation sites (tertiary alicyclic amines) is 1. The minimum atomic E-state index is -0.494. The lowest BCUT2D eigenvalue weighted by atomic mass is 10.2. The van der Waals surface area contributed by atoms with Crippen LogP contribution in [0.4, 0.5) is 0 Å². The average Bonchev–Trinajstić information content (AvgIpc) is 2.79. The highest BCUT2D eigenvalue weighted by atomic mass is 16.3. The molecule has 0 bridgehead atoms. The Morgan fingerprint density at radius 3 is 2.53 bits per heavy atom. The van der Waals surface area contributed by atoms with Crippen molar-refractivity contribution in [2.24, 2.45) is 7.05 Å². The van der Waals surface area contributed by atoms with Gasteiger partial charge in [-0.3, -0.25) is 14.2 Å². The SMILES string of the molecule is Cc1nc(O)c(C(=O)N2CCCC2)c(=O)n1C. The number of amides is 1. The largest absolute Gasteiger partial charge is 0.493 e. The first kappa shape index (κ1) is 11.6. The summed E-state index contributed by atoms with van der Waals surface area (Å²) in [6.07, 6.45) is 1.87. The topological polar surface area (TPSA) is 75.4 Å². The van der Waals surface area contributed by atoms with Gasteiger partial charge in [-0.1, -0.05) is 0 Å². The van der Waals surface area contributed by atoms with Crippen LogP contribution in [0.2, 0.25) is 0 Å². The third-order valence-electron chi connectivity index (χ3n) is 3.10. The summed E-state index contributed by atoms with van der Waals surface area (Å²) in [6, 6.07) is 0. The van der Waals surface area contributed by atoms with Gasteiger partial charge in [0.05, 0.1) is 0 Å². The van der Waals surface area contributed by atoms with Crippen LogP contribution in [-0.2, 0) is 7.05 Å². The van der Waals surface area contributed by atoms with Gasteiger partial charge >= 0.3 is 0 Å². The first-order valence-electron chi connectivity index (χ1n) is 5.58. The molecule has 2 rings (SSSR count). The monoisotopic (exact) mass is 237 g/mol. The maximum atomic E-state index is 12.1. The average molecular weight is 237 g/mol. The van der Waals surface area contributed by atoms with E-state index in [-0.39, 0.29) is 5.56 Å². The van der Waals surface area contributed by atoms with Gasteiger partial charge in [0.15, 0.2) is 5.56 Å². The van der Waals surface area contributed by atoms with Crippen LogP contribution >= 0.6 is 0 Å². The Balaban J connectivity index is 2.48. The number of carbonyl (C=O) groups excluding carboxylic acids is 1. The summed E-state index contributed by atoms with van der Waals surface area (Å²) >= 11 is 0. The zero-order valence-corrected chi connectivity index (χ0v) is 9.93. The van der Waals surface area contributed by atoms with Crippen molar-refractivity contribution in [3.8, 4) is 5.88 Å². The maximum Gasteiger partial charge on any atom is 0.270 e. The molecule has 0 spiro atoms. The lowest BCUT2D eigenvalue weighted by Crippen LogP contribution is -2.35. The van der Waals surface area contributed by atoms with Crippen molar-refractivity contribution in [1.29, 1.82) is 0 Å². The number of hydrogen-bond acceptors (Lipinski definition) is 4. The van der Waals surface area contributed by atoms with Gasteiger partial charge in [0, 0.05) is 20.1 Å². The molecule has 1 fully saturated rings. The molecule has 1 aliphatic rings. The Bertz CT molecular complexity index is 515. The zero-order chi connectivity index (χ0) is 12.6. The summed E-state index contributed by atoms with van der Waals surface area (Å²) in [5, 5.41) is 9.66. The fourth-order valence-electron chi connectivity index (χ4n) is 1.96. The number of hydrogen-bond donors (Lipinski definition) is 1. The normalized spacial score (nSPS) is 15.3. The van der Waals surface area contributed by atoms with E-state index in [0.29, 0.717) is 18.9 Å². The molecule has 0 saturated carbocycles. The second-order valence-corrected chi connectivity index (χ2v) is 4.22. The number of carbonyl (C=O) groups is 1. The van der Waals surface area contributed by atoms with E-state index in [1.54, 1.807) is 11.8 Å². The molecule has 1 aliphatic heterocycles. The van der Waals surface area contributed by atoms with Crippen molar-refractivity contribution in [1.82, 2.24) is 14.5 Å². The Hall–Kier alpha value is -1.85. The van der Waals surface area contributed by atoms with E-state index in [1.165, 1.54) is 11.6 Å². The van der Waals surface area contributed by atoms with Crippen LogP contribution in [0.5, 0.6) is 5.88 Å². The van der Waals surface area contributed by atoms with E-state index in [2.05, 4.69) is 4.98 Å². The molecule has 1 aromatic rings. The lowest BCUT2D eigenvalue weighted by molar-refractivity contribution is 0.0786. The molecule has 92 valence electrons. The number of nitrogens with zero attached hydrogens (tertiary/aromatic N) is 3. The molecule has 1 aromatic heterocycles. The fraction of sp³-hybridized carbons (Fsp3) is 0.545. The molecule has 0 aliphatic carbocycles. The smallest absolute Gasteiger partial charge is 0.270 e. The predicted molar refractivity (Wildman–Crippen MR) is 61.0 cm³/mol. The van der Waals surface area contributed by atoms with Crippen molar-refractivity contribution in [2.75, 3.05) is 13.1 Å². The maximum absolute atomic E-state index is 12.1. The summed E-state index contributed by atoms with van der Waals surface area (Å²) in [5.74, 6) is -0.513. The number of aromatic nitrogens is 2. The van der Waals surface area contributed by atoms with Gasteiger partial charge in [-0.15, -0.1) is 0 Å². The van der Waals surface area contributed by atoms with Crippen LogP contribution in [0.15, 0.2) is 4.79 Å². The molecule has 6 heteroatoms. The highest BCUT2D eigenvalue weighted by molar-refractivity contribution is 5.96. The second kappa shape index (κ2) is 4.20. The van der Waals surface area contributed by atoms with E-state index in [1.807, 2.05) is 0 Å². The number of aromatic hydroxyl groups is 1. The zero-order valence-electron chi connectivity index (χ0n) is 9.93. The van der Waals surface area contributed by atoms with Crippen LogP contribution in [-0.4, -0.2) is 38.6 Å². The molecular formula is C11H15N3O3. The van der Waals surface area contributed by atoms with Crippen LogP contribution in [0, 0.1) is 6.92 Å². The van der Waals surface area contributed by atoms with Gasteiger partial charge in [0.1, 0.15) is 5.82 Å². The van der Waals surface area contributed by atoms with Crippen LogP contribution in [0.25, 0.3) is 0 Å². The minimum Gasteiger partial charge on any atom is -0.493 e. The third kappa shape index (κ3) is 1.90. The lowest BCUT2D eigenvalue weighted by Gasteiger charge is -2.16. The van der Waals surface area contributed by atoms with Gasteiger partial charge < -0.3 is 10.0 Å². The fourth-order valence-corrected chi connectivity index (χ4v) is 1.96. The van der Waals surface area contributed by atoms with Gasteiger partial charge in [0.2, 0.25) is 5.88 Å². The van der Waals surface area contributed by atoms with Crippen LogP contribution < -0.4 is 5.56 Å². The summed E-state index contributed by atoms with van der Waals surface area (Å²) < 4.78 is 1.27. The predicted octanol–water partition coefficient (Wildman–Crippen LogP) is 0.0303. The molecule has 1 N–H and O–H groups in total. The van der Waals surface area contributed by atoms with Gasteiger partial charge in [0.25, 0.3) is 11.5 Å². The van der Waals surface area contributed by atoms with Gasteiger partial charge in [-0.25, -0.2) is 0 Å². The number of rotatable bonds is 1. The summed E-state index contributed by atoms with van der Waals surface area (Å²) in [7, 11) is 1.53. The standard InChI is InChI=1S/C11H15N3O3/c1-7-12-9(15)8(10(16)13(7)2)11(17)14-5-3-4-6-14/h15H,3-6H2,1-2H3. The highest BCUT2D eigenvalue weighted by Crippen LogP contribution is 2.16.